The molecule has 0 spiro atoms. The first-order valence-electron chi connectivity index (χ1n) is 5.40. The van der Waals surface area contributed by atoms with E-state index >= 15 is 0 Å². The van der Waals surface area contributed by atoms with Gasteiger partial charge in [0, 0.05) is 17.1 Å². The summed E-state index contributed by atoms with van der Waals surface area (Å²) in [5, 5.41) is 0. The van der Waals surface area contributed by atoms with Crippen LogP contribution in [0.4, 0.5) is 0 Å². The van der Waals surface area contributed by atoms with Gasteiger partial charge in [-0.2, -0.15) is 0 Å². The molecule has 0 aliphatic carbocycles. The van der Waals surface area contributed by atoms with Gasteiger partial charge in [0.05, 0.1) is 13.2 Å². The van der Waals surface area contributed by atoms with Crippen LogP contribution in [0.15, 0.2) is 24.3 Å². The monoisotopic (exact) mass is 240 g/mol. The summed E-state index contributed by atoms with van der Waals surface area (Å²) < 4.78 is 10.0. The van der Waals surface area contributed by atoms with Gasteiger partial charge in [0.2, 0.25) is 0 Å². The van der Waals surface area contributed by atoms with Gasteiger partial charge in [0.15, 0.2) is 0 Å². The Morgan fingerprint density at radius 1 is 1.24 bits per heavy atom. The summed E-state index contributed by atoms with van der Waals surface area (Å²) in [6.45, 7) is 10.9. The average molecular weight is 240 g/mol. The van der Waals surface area contributed by atoms with Gasteiger partial charge in [-0.25, -0.2) is 9.59 Å². The summed E-state index contributed by atoms with van der Waals surface area (Å²) in [5.74, 6) is -0.829. The van der Waals surface area contributed by atoms with Gasteiger partial charge >= 0.3 is 11.9 Å². The van der Waals surface area contributed by atoms with E-state index in [4.69, 9.17) is 9.47 Å². The smallest absolute Gasteiger partial charge is 0.333 e. The Labute approximate surface area is 102 Å². The lowest BCUT2D eigenvalue weighted by molar-refractivity contribution is -0.147. The molecule has 0 rings (SSSR count). The Bertz CT molecular complexity index is 326. The second kappa shape index (κ2) is 6.89. The molecule has 0 unspecified atom stereocenters. The molecule has 0 aromatic rings. The summed E-state index contributed by atoms with van der Waals surface area (Å²) in [6.07, 6.45) is 2.95. The van der Waals surface area contributed by atoms with E-state index in [-0.39, 0.29) is 13.2 Å². The van der Waals surface area contributed by atoms with Crippen molar-refractivity contribution in [3.63, 3.8) is 0 Å². The summed E-state index contributed by atoms with van der Waals surface area (Å²) in [4.78, 5) is 22.3. The van der Waals surface area contributed by atoms with Crippen molar-refractivity contribution in [3.05, 3.63) is 24.3 Å². The third kappa shape index (κ3) is 7.33. The highest BCUT2D eigenvalue weighted by Crippen LogP contribution is 2.16. The summed E-state index contributed by atoms with van der Waals surface area (Å²) in [6, 6.07) is 0. The molecule has 4 nitrogen and oxygen atoms in total. The standard InChI is InChI=1S/C13H20O4/c1-6-7-11(14)16-8-13(4,5)9-17-12(15)10(2)3/h6-7H,2,8-9H2,1,3-5H3. The van der Waals surface area contributed by atoms with E-state index in [0.717, 1.165) is 0 Å². The minimum atomic E-state index is -0.433. The fourth-order valence-corrected chi connectivity index (χ4v) is 0.876. The van der Waals surface area contributed by atoms with Crippen molar-refractivity contribution in [1.29, 1.82) is 0 Å². The van der Waals surface area contributed by atoms with Crippen LogP contribution in [0.2, 0.25) is 0 Å². The van der Waals surface area contributed by atoms with E-state index in [2.05, 4.69) is 6.58 Å². The number of allylic oxidation sites excluding steroid dienone is 1. The molecule has 0 saturated carbocycles. The molecular formula is C13H20O4. The van der Waals surface area contributed by atoms with E-state index in [9.17, 15) is 9.59 Å². The van der Waals surface area contributed by atoms with Crippen LogP contribution in [0.3, 0.4) is 0 Å². The van der Waals surface area contributed by atoms with Gasteiger partial charge in [-0.15, -0.1) is 0 Å². The minimum Gasteiger partial charge on any atom is -0.462 e. The van der Waals surface area contributed by atoms with Crippen molar-refractivity contribution in [1.82, 2.24) is 0 Å². The molecule has 4 heteroatoms. The quantitative estimate of drug-likeness (QED) is 0.528. The predicted octanol–water partition coefficient (Wildman–Crippen LogP) is 2.25. The molecule has 0 radical (unpaired) electrons. The molecule has 0 bridgehead atoms. The third-order valence-corrected chi connectivity index (χ3v) is 1.85. The number of ether oxygens (including phenoxy) is 2. The van der Waals surface area contributed by atoms with Crippen LogP contribution in [0.5, 0.6) is 0 Å². The largest absolute Gasteiger partial charge is 0.462 e. The highest BCUT2D eigenvalue weighted by Gasteiger charge is 2.22. The molecular weight excluding hydrogens is 220 g/mol. The summed E-state index contributed by atoms with van der Waals surface area (Å²) in [5.41, 5.74) is -0.0609. The number of hydrogen-bond acceptors (Lipinski definition) is 4. The second-order valence-corrected chi connectivity index (χ2v) is 4.63. The van der Waals surface area contributed by atoms with Gasteiger partial charge in [-0.05, 0) is 13.8 Å². The van der Waals surface area contributed by atoms with Gasteiger partial charge in [-0.3, -0.25) is 0 Å². The van der Waals surface area contributed by atoms with Crippen LogP contribution < -0.4 is 0 Å². The average Bonchev–Trinajstić information content (AvgIpc) is 2.24. The molecule has 0 atom stereocenters. The number of carbonyl (C=O) groups is 2. The maximum atomic E-state index is 11.2. The molecule has 0 aromatic carbocycles. The zero-order valence-corrected chi connectivity index (χ0v) is 10.9. The molecule has 17 heavy (non-hydrogen) atoms. The molecule has 0 heterocycles. The van der Waals surface area contributed by atoms with E-state index in [1.807, 2.05) is 13.8 Å². The zero-order chi connectivity index (χ0) is 13.5. The van der Waals surface area contributed by atoms with E-state index in [1.165, 1.54) is 6.08 Å². The lowest BCUT2D eigenvalue weighted by Gasteiger charge is -2.23. The molecule has 0 saturated heterocycles. The molecule has 0 fully saturated rings. The van der Waals surface area contributed by atoms with E-state index in [1.54, 1.807) is 19.9 Å². The lowest BCUT2D eigenvalue weighted by Crippen LogP contribution is -2.28. The predicted molar refractivity (Wildman–Crippen MR) is 65.3 cm³/mol. The molecule has 96 valence electrons. The van der Waals surface area contributed by atoms with Crippen LogP contribution in [-0.4, -0.2) is 25.2 Å². The van der Waals surface area contributed by atoms with Gasteiger partial charge in [0.25, 0.3) is 0 Å². The minimum absolute atomic E-state index is 0.182. The van der Waals surface area contributed by atoms with Crippen LogP contribution in [-0.2, 0) is 19.1 Å². The SMILES string of the molecule is C=C(C)C(=O)OCC(C)(C)COC(=O)C=CC. The first-order chi connectivity index (χ1) is 7.78. The Morgan fingerprint density at radius 3 is 2.24 bits per heavy atom. The van der Waals surface area contributed by atoms with Gasteiger partial charge < -0.3 is 9.47 Å². The molecule has 0 amide bonds. The van der Waals surface area contributed by atoms with Crippen molar-refractivity contribution in [2.75, 3.05) is 13.2 Å². The second-order valence-electron chi connectivity index (χ2n) is 4.63. The molecule has 0 aliphatic heterocycles. The Kier molecular flexibility index (Phi) is 6.25. The molecule has 0 N–H and O–H groups in total. The maximum Gasteiger partial charge on any atom is 0.333 e. The summed E-state index contributed by atoms with van der Waals surface area (Å²) in [7, 11) is 0. The normalized spacial score (nSPS) is 11.3. The van der Waals surface area contributed by atoms with Crippen molar-refractivity contribution in [2.45, 2.75) is 27.7 Å². The van der Waals surface area contributed by atoms with Crippen molar-refractivity contribution in [3.8, 4) is 0 Å². The molecule has 0 aliphatic rings. The van der Waals surface area contributed by atoms with Gasteiger partial charge in [-0.1, -0.05) is 26.5 Å². The first kappa shape index (κ1) is 15.4. The Morgan fingerprint density at radius 2 is 1.76 bits per heavy atom. The maximum absolute atomic E-state index is 11.2. The fraction of sp³-hybridized carbons (Fsp3) is 0.538. The van der Waals surface area contributed by atoms with Crippen LogP contribution in [0.25, 0.3) is 0 Å². The highest BCUT2D eigenvalue weighted by molar-refractivity contribution is 5.86. The lowest BCUT2D eigenvalue weighted by atomic mass is 9.96. The number of carbonyl (C=O) groups excluding carboxylic acids is 2. The first-order valence-corrected chi connectivity index (χ1v) is 5.40. The van der Waals surface area contributed by atoms with Gasteiger partial charge in [0.1, 0.15) is 0 Å². The van der Waals surface area contributed by atoms with E-state index in [0.29, 0.717) is 5.57 Å². The van der Waals surface area contributed by atoms with Crippen LogP contribution in [0, 0.1) is 5.41 Å². The highest BCUT2D eigenvalue weighted by atomic mass is 16.5. The fourth-order valence-electron chi connectivity index (χ4n) is 0.876. The number of rotatable bonds is 6. The van der Waals surface area contributed by atoms with Crippen molar-refractivity contribution < 1.29 is 19.1 Å². The number of esters is 2. The topological polar surface area (TPSA) is 52.6 Å². The third-order valence-electron chi connectivity index (χ3n) is 1.85. The summed E-state index contributed by atoms with van der Waals surface area (Å²) >= 11 is 0. The Balaban J connectivity index is 4.07. The van der Waals surface area contributed by atoms with Crippen LogP contribution in [0.1, 0.15) is 27.7 Å². The van der Waals surface area contributed by atoms with E-state index < -0.39 is 17.4 Å². The zero-order valence-electron chi connectivity index (χ0n) is 10.9. The molecule has 0 aromatic heterocycles. The number of hydrogen-bond donors (Lipinski definition) is 0. The van der Waals surface area contributed by atoms with Crippen LogP contribution >= 0.6 is 0 Å². The van der Waals surface area contributed by atoms with Crippen molar-refractivity contribution >= 4 is 11.9 Å². The Hall–Kier alpha value is -1.58. The van der Waals surface area contributed by atoms with Crippen molar-refractivity contribution in [2.24, 2.45) is 5.41 Å².